The molecule has 2 saturated carbocycles. The number of carbonyl (C=O) groups excluding carboxylic acids is 3. The molecule has 0 aromatic heterocycles. The lowest BCUT2D eigenvalue weighted by molar-refractivity contribution is -0.143. The largest absolute Gasteiger partial charge is 0.444 e. The Kier molecular flexibility index (Phi) is 8.62. The second-order valence-corrected chi connectivity index (χ2v) is 11.0. The zero-order valence-corrected chi connectivity index (χ0v) is 21.8. The quantitative estimate of drug-likeness (QED) is 0.546. The predicted molar refractivity (Wildman–Crippen MR) is 138 cm³/mol. The molecule has 0 radical (unpaired) electrons. The van der Waals surface area contributed by atoms with Gasteiger partial charge in [-0.25, -0.2) is 4.79 Å². The Hall–Kier alpha value is -2.83. The maximum absolute atomic E-state index is 13.8. The van der Waals surface area contributed by atoms with Crippen molar-refractivity contribution < 1.29 is 19.1 Å². The minimum absolute atomic E-state index is 0.0696. The molecule has 2 N–H and O–H groups in total. The van der Waals surface area contributed by atoms with Gasteiger partial charge in [-0.1, -0.05) is 57.0 Å². The molecular weight excluding hydrogens is 442 g/mol. The van der Waals surface area contributed by atoms with Crippen molar-refractivity contribution in [3.05, 3.63) is 42.0 Å². The lowest BCUT2D eigenvalue weighted by Gasteiger charge is -2.35. The molecule has 3 rings (SSSR count). The van der Waals surface area contributed by atoms with E-state index in [1.165, 1.54) is 6.42 Å². The monoisotopic (exact) mass is 483 g/mol. The third kappa shape index (κ3) is 7.33. The Labute approximate surface area is 209 Å². The van der Waals surface area contributed by atoms with Gasteiger partial charge in [0.1, 0.15) is 17.7 Å². The average molecular weight is 484 g/mol. The fourth-order valence-electron chi connectivity index (χ4n) is 4.76. The number of rotatable bonds is 8. The van der Waals surface area contributed by atoms with E-state index in [2.05, 4.69) is 24.1 Å². The van der Waals surface area contributed by atoms with Gasteiger partial charge < -0.3 is 20.3 Å². The van der Waals surface area contributed by atoms with E-state index in [1.54, 1.807) is 38.7 Å². The van der Waals surface area contributed by atoms with Crippen LogP contribution in [0.3, 0.4) is 0 Å². The van der Waals surface area contributed by atoms with Crippen LogP contribution in [0.5, 0.6) is 0 Å². The second-order valence-electron chi connectivity index (χ2n) is 11.0. The first-order valence-electron chi connectivity index (χ1n) is 12.8. The van der Waals surface area contributed by atoms with Crippen molar-refractivity contribution in [2.45, 2.75) is 103 Å². The average Bonchev–Trinajstić information content (AvgIpc) is 3.51. The number of amides is 3. The van der Waals surface area contributed by atoms with Gasteiger partial charge in [0.15, 0.2) is 0 Å². The van der Waals surface area contributed by atoms with Gasteiger partial charge in [0, 0.05) is 12.1 Å². The lowest BCUT2D eigenvalue weighted by Crippen LogP contribution is -2.54. The van der Waals surface area contributed by atoms with Crippen LogP contribution in [0, 0.1) is 5.92 Å². The number of alkyl carbamates (subject to hydrolysis) is 1. The molecule has 2 aliphatic rings. The number of hydrogen-bond donors (Lipinski definition) is 2. The van der Waals surface area contributed by atoms with Crippen LogP contribution in [-0.4, -0.2) is 46.5 Å². The number of benzene rings is 1. The first-order valence-corrected chi connectivity index (χ1v) is 12.8. The summed E-state index contributed by atoms with van der Waals surface area (Å²) in [5, 5.41) is 5.89. The minimum atomic E-state index is -0.842. The van der Waals surface area contributed by atoms with Gasteiger partial charge in [-0.05, 0) is 70.1 Å². The summed E-state index contributed by atoms with van der Waals surface area (Å²) in [4.78, 5) is 41.6. The van der Waals surface area contributed by atoms with E-state index >= 15 is 0 Å². The van der Waals surface area contributed by atoms with Crippen LogP contribution in [0.1, 0.15) is 90.3 Å². The highest BCUT2D eigenvalue weighted by molar-refractivity contribution is 5.92. The van der Waals surface area contributed by atoms with Crippen LogP contribution in [-0.2, 0) is 14.3 Å². The standard InChI is InChI=1S/C28H41N3O4/c1-7-20-12-11-13-21(17-20)24(25(32)30-22-14-9-8-10-15-22)31(23-16-18(23)2)26(33)19(3)29-27(34)35-28(4,5)6/h7,11-13,17-19,22-24H,1,8-10,14-16H2,2-6H3,(H,29,34)(H,30,32). The molecule has 7 nitrogen and oxygen atoms in total. The molecule has 0 bridgehead atoms. The van der Waals surface area contributed by atoms with Crippen LogP contribution in [0.25, 0.3) is 6.08 Å². The van der Waals surface area contributed by atoms with E-state index in [-0.39, 0.29) is 29.8 Å². The number of nitrogens with zero attached hydrogens (tertiary/aromatic N) is 1. The highest BCUT2D eigenvalue weighted by atomic mass is 16.6. The minimum Gasteiger partial charge on any atom is -0.444 e. The summed E-state index contributed by atoms with van der Waals surface area (Å²) in [6.45, 7) is 12.9. The van der Waals surface area contributed by atoms with Crippen molar-refractivity contribution in [2.75, 3.05) is 0 Å². The smallest absolute Gasteiger partial charge is 0.408 e. The first kappa shape index (κ1) is 26.8. The van der Waals surface area contributed by atoms with Gasteiger partial charge in [0.05, 0.1) is 0 Å². The number of ether oxygens (including phenoxy) is 1. The molecule has 1 aromatic carbocycles. The summed E-state index contributed by atoms with van der Waals surface area (Å²) >= 11 is 0. The van der Waals surface area contributed by atoms with Gasteiger partial charge >= 0.3 is 6.09 Å². The number of hydrogen-bond acceptors (Lipinski definition) is 4. The summed E-state index contributed by atoms with van der Waals surface area (Å²) in [6, 6.07) is 6.02. The van der Waals surface area contributed by atoms with E-state index in [0.29, 0.717) is 0 Å². The van der Waals surface area contributed by atoms with Crippen molar-refractivity contribution >= 4 is 24.0 Å². The summed E-state index contributed by atoms with van der Waals surface area (Å²) in [6.07, 6.45) is 7.19. The Balaban J connectivity index is 1.91. The molecule has 7 heteroatoms. The van der Waals surface area contributed by atoms with E-state index in [9.17, 15) is 14.4 Å². The third-order valence-corrected chi connectivity index (χ3v) is 6.72. The van der Waals surface area contributed by atoms with Crippen LogP contribution in [0.15, 0.2) is 30.8 Å². The fraction of sp³-hybridized carbons (Fsp3) is 0.607. The summed E-state index contributed by atoms with van der Waals surface area (Å²) in [5.41, 5.74) is 0.951. The molecule has 4 unspecified atom stereocenters. The highest BCUT2D eigenvalue weighted by Crippen LogP contribution is 2.41. The van der Waals surface area contributed by atoms with E-state index in [0.717, 1.165) is 43.2 Å². The summed E-state index contributed by atoms with van der Waals surface area (Å²) in [5.74, 6) is -0.187. The SMILES string of the molecule is C=Cc1cccc(C(C(=O)NC2CCCCC2)N(C(=O)C(C)NC(=O)OC(C)(C)C)C2CC2C)c1. The fourth-order valence-corrected chi connectivity index (χ4v) is 4.76. The first-order chi connectivity index (χ1) is 16.5. The molecule has 2 fully saturated rings. The Morgan fingerprint density at radius 1 is 1.17 bits per heavy atom. The van der Waals surface area contributed by atoms with Crippen molar-refractivity contribution in [2.24, 2.45) is 5.92 Å². The van der Waals surface area contributed by atoms with Crippen LogP contribution >= 0.6 is 0 Å². The van der Waals surface area contributed by atoms with E-state index < -0.39 is 23.8 Å². The highest BCUT2D eigenvalue weighted by Gasteiger charge is 2.47. The maximum Gasteiger partial charge on any atom is 0.408 e. The van der Waals surface area contributed by atoms with Crippen molar-refractivity contribution in [1.29, 1.82) is 0 Å². The van der Waals surface area contributed by atoms with E-state index in [4.69, 9.17) is 4.74 Å². The van der Waals surface area contributed by atoms with E-state index in [1.807, 2.05) is 24.3 Å². The Bertz CT molecular complexity index is 932. The molecule has 0 aliphatic heterocycles. The van der Waals surface area contributed by atoms with Gasteiger partial charge in [-0.15, -0.1) is 0 Å². The Morgan fingerprint density at radius 2 is 1.83 bits per heavy atom. The molecule has 2 aliphatic carbocycles. The summed E-state index contributed by atoms with van der Waals surface area (Å²) < 4.78 is 5.35. The molecule has 192 valence electrons. The number of nitrogens with one attached hydrogen (secondary N) is 2. The second kappa shape index (κ2) is 11.3. The van der Waals surface area contributed by atoms with Gasteiger partial charge in [-0.2, -0.15) is 0 Å². The van der Waals surface area contributed by atoms with Crippen LogP contribution in [0.4, 0.5) is 4.79 Å². The molecule has 4 atom stereocenters. The molecule has 3 amide bonds. The zero-order valence-electron chi connectivity index (χ0n) is 21.8. The summed E-state index contributed by atoms with van der Waals surface area (Å²) in [7, 11) is 0. The lowest BCUT2D eigenvalue weighted by atomic mass is 9.94. The molecule has 0 saturated heterocycles. The van der Waals surface area contributed by atoms with Gasteiger partial charge in [-0.3, -0.25) is 9.59 Å². The predicted octanol–water partition coefficient (Wildman–Crippen LogP) is 4.97. The number of carbonyl (C=O) groups is 3. The molecule has 0 heterocycles. The van der Waals surface area contributed by atoms with Crippen LogP contribution < -0.4 is 10.6 Å². The molecule has 1 aromatic rings. The molecule has 0 spiro atoms. The topological polar surface area (TPSA) is 87.7 Å². The van der Waals surface area contributed by atoms with Gasteiger partial charge in [0.25, 0.3) is 0 Å². The van der Waals surface area contributed by atoms with Crippen molar-refractivity contribution in [1.82, 2.24) is 15.5 Å². The van der Waals surface area contributed by atoms with Crippen molar-refractivity contribution in [3.8, 4) is 0 Å². The normalized spacial score (nSPS) is 21.9. The molecular formula is C28H41N3O4. The molecule has 35 heavy (non-hydrogen) atoms. The van der Waals surface area contributed by atoms with Crippen LogP contribution in [0.2, 0.25) is 0 Å². The zero-order chi connectivity index (χ0) is 25.8. The third-order valence-electron chi connectivity index (χ3n) is 6.72. The maximum atomic E-state index is 13.8. The van der Waals surface area contributed by atoms with Gasteiger partial charge in [0.2, 0.25) is 11.8 Å². The van der Waals surface area contributed by atoms with Crippen molar-refractivity contribution in [3.63, 3.8) is 0 Å². The Morgan fingerprint density at radius 3 is 2.40 bits per heavy atom.